The third-order valence-electron chi connectivity index (χ3n) is 3.54. The van der Waals surface area contributed by atoms with Gasteiger partial charge in [-0.2, -0.15) is 0 Å². The third-order valence-corrected chi connectivity index (χ3v) is 3.89. The van der Waals surface area contributed by atoms with Crippen LogP contribution in [0.15, 0.2) is 30.6 Å². The summed E-state index contributed by atoms with van der Waals surface area (Å²) in [7, 11) is 0. The highest BCUT2D eigenvalue weighted by Crippen LogP contribution is 2.26. The van der Waals surface area contributed by atoms with Crippen molar-refractivity contribution in [2.45, 2.75) is 46.8 Å². The Morgan fingerprint density at radius 3 is 2.58 bits per heavy atom. The molecule has 0 aliphatic rings. The number of nitrogens with zero attached hydrogens (tertiary/aromatic N) is 3. The van der Waals surface area contributed by atoms with Crippen molar-refractivity contribution in [2.24, 2.45) is 0 Å². The minimum atomic E-state index is -0.535. The minimum Gasteiger partial charge on any atom is -0.443 e. The van der Waals surface area contributed by atoms with Crippen LogP contribution in [0, 0.1) is 6.92 Å². The predicted octanol–water partition coefficient (Wildman–Crippen LogP) is 4.65. The van der Waals surface area contributed by atoms with Gasteiger partial charge < -0.3 is 9.30 Å². The Balaban J connectivity index is 2.21. The van der Waals surface area contributed by atoms with Crippen molar-refractivity contribution in [1.29, 1.82) is 0 Å². The molecule has 24 heavy (non-hydrogen) atoms. The average Bonchev–Trinajstić information content (AvgIpc) is 2.86. The van der Waals surface area contributed by atoms with Gasteiger partial charge in [-0.15, -0.1) is 0 Å². The van der Waals surface area contributed by atoms with Gasteiger partial charge in [0, 0.05) is 29.6 Å². The molecule has 0 aliphatic carbocycles. The van der Waals surface area contributed by atoms with Crippen molar-refractivity contribution < 1.29 is 9.53 Å². The molecule has 0 atom stereocenters. The Bertz CT molecular complexity index is 719. The predicted molar refractivity (Wildman–Crippen MR) is 96.8 cm³/mol. The lowest BCUT2D eigenvalue weighted by molar-refractivity contribution is 0.0582. The van der Waals surface area contributed by atoms with Gasteiger partial charge in [0.05, 0.1) is 6.54 Å². The molecule has 1 amide bonds. The largest absolute Gasteiger partial charge is 0.443 e. The molecule has 0 N–H and O–H groups in total. The van der Waals surface area contributed by atoms with Gasteiger partial charge in [0.15, 0.2) is 0 Å². The molecule has 0 fully saturated rings. The molecule has 5 nitrogen and oxygen atoms in total. The molecule has 2 rings (SSSR count). The fraction of sp³-hybridized carbons (Fsp3) is 0.444. The highest BCUT2D eigenvalue weighted by molar-refractivity contribution is 6.31. The van der Waals surface area contributed by atoms with E-state index in [2.05, 4.69) is 4.98 Å². The third kappa shape index (κ3) is 4.51. The van der Waals surface area contributed by atoms with Crippen LogP contribution >= 0.6 is 11.6 Å². The number of carbonyl (C=O) groups is 1. The Morgan fingerprint density at radius 2 is 2.08 bits per heavy atom. The van der Waals surface area contributed by atoms with Crippen LogP contribution < -0.4 is 4.90 Å². The maximum atomic E-state index is 12.3. The van der Waals surface area contributed by atoms with Crippen molar-refractivity contribution >= 4 is 23.4 Å². The summed E-state index contributed by atoms with van der Waals surface area (Å²) in [5.41, 5.74) is 1.16. The lowest BCUT2D eigenvalue weighted by Gasteiger charge is -2.27. The summed E-state index contributed by atoms with van der Waals surface area (Å²) < 4.78 is 7.47. The number of carbonyl (C=O) groups excluding carboxylic acids is 1. The lowest BCUT2D eigenvalue weighted by atomic mass is 10.2. The number of benzene rings is 1. The number of hydrogen-bond acceptors (Lipinski definition) is 3. The summed E-state index contributed by atoms with van der Waals surface area (Å²) in [6.07, 6.45) is 3.30. The maximum absolute atomic E-state index is 12.3. The molecule has 0 spiro atoms. The Labute approximate surface area is 148 Å². The van der Waals surface area contributed by atoms with Crippen molar-refractivity contribution in [3.8, 4) is 0 Å². The molecular weight excluding hydrogens is 326 g/mol. The second-order valence-electron chi connectivity index (χ2n) is 6.60. The molecule has 0 bridgehead atoms. The number of ether oxygens (including phenoxy) is 1. The van der Waals surface area contributed by atoms with E-state index in [1.54, 1.807) is 17.2 Å². The van der Waals surface area contributed by atoms with E-state index in [1.165, 1.54) is 0 Å². The molecule has 6 heteroatoms. The molecule has 2 aromatic rings. The highest BCUT2D eigenvalue weighted by Gasteiger charge is 2.22. The van der Waals surface area contributed by atoms with E-state index in [0.717, 1.165) is 17.1 Å². The van der Waals surface area contributed by atoms with Gasteiger partial charge >= 0.3 is 6.09 Å². The number of aromatic nitrogens is 2. The first-order chi connectivity index (χ1) is 11.2. The van der Waals surface area contributed by atoms with Crippen molar-refractivity contribution in [2.75, 3.05) is 11.4 Å². The summed E-state index contributed by atoms with van der Waals surface area (Å²) >= 11 is 6.42. The number of aryl methyl sites for hydroxylation is 1. The lowest BCUT2D eigenvalue weighted by Crippen LogP contribution is -2.36. The van der Waals surface area contributed by atoms with E-state index in [9.17, 15) is 4.79 Å². The quantitative estimate of drug-likeness (QED) is 0.806. The van der Waals surface area contributed by atoms with Crippen LogP contribution in [-0.4, -0.2) is 27.8 Å². The Morgan fingerprint density at radius 1 is 1.38 bits per heavy atom. The van der Waals surface area contributed by atoms with Crippen LogP contribution in [0.2, 0.25) is 5.02 Å². The molecular formula is C18H24ClN3O2. The van der Waals surface area contributed by atoms with Gasteiger partial charge in [0.2, 0.25) is 0 Å². The van der Waals surface area contributed by atoms with Gasteiger partial charge in [-0.1, -0.05) is 17.7 Å². The summed E-state index contributed by atoms with van der Waals surface area (Å²) in [6.45, 7) is 10.5. The number of amides is 1. The van der Waals surface area contributed by atoms with Crippen LogP contribution in [0.4, 0.5) is 10.5 Å². The molecule has 1 aromatic carbocycles. The number of halogens is 1. The fourth-order valence-electron chi connectivity index (χ4n) is 2.32. The van der Waals surface area contributed by atoms with Crippen LogP contribution in [-0.2, 0) is 11.3 Å². The monoisotopic (exact) mass is 349 g/mol. The van der Waals surface area contributed by atoms with Crippen LogP contribution in [0.5, 0.6) is 0 Å². The summed E-state index contributed by atoms with van der Waals surface area (Å²) in [5, 5.41) is 0.614. The van der Waals surface area contributed by atoms with Gasteiger partial charge in [0.1, 0.15) is 11.4 Å². The van der Waals surface area contributed by atoms with Crippen LogP contribution in [0.3, 0.4) is 0 Å². The number of imidazole rings is 1. The first kappa shape index (κ1) is 18.3. The Hall–Kier alpha value is -2.01. The molecule has 1 aromatic heterocycles. The van der Waals surface area contributed by atoms with Crippen molar-refractivity contribution in [1.82, 2.24) is 9.55 Å². The summed E-state index contributed by atoms with van der Waals surface area (Å²) in [4.78, 5) is 18.1. The van der Waals surface area contributed by atoms with Crippen LogP contribution in [0.1, 0.15) is 39.1 Å². The summed E-state index contributed by atoms with van der Waals surface area (Å²) in [5.74, 6) is 0.930. The van der Waals surface area contributed by atoms with Crippen molar-refractivity contribution in [3.63, 3.8) is 0 Å². The zero-order chi connectivity index (χ0) is 17.9. The van der Waals surface area contributed by atoms with E-state index in [1.807, 2.05) is 57.5 Å². The van der Waals surface area contributed by atoms with E-state index in [0.29, 0.717) is 18.1 Å². The normalized spacial score (nSPS) is 11.4. The minimum absolute atomic E-state index is 0.376. The topological polar surface area (TPSA) is 47.4 Å². The maximum Gasteiger partial charge on any atom is 0.414 e. The van der Waals surface area contributed by atoms with Gasteiger partial charge in [-0.3, -0.25) is 4.90 Å². The van der Waals surface area contributed by atoms with Gasteiger partial charge in [-0.05, 0) is 52.3 Å². The second-order valence-corrected chi connectivity index (χ2v) is 7.01. The van der Waals surface area contributed by atoms with E-state index >= 15 is 0 Å². The summed E-state index contributed by atoms with van der Waals surface area (Å²) in [6, 6.07) is 5.63. The first-order valence-electron chi connectivity index (χ1n) is 7.98. The van der Waals surface area contributed by atoms with Crippen LogP contribution in [0.25, 0.3) is 0 Å². The van der Waals surface area contributed by atoms with Crippen molar-refractivity contribution in [3.05, 3.63) is 47.0 Å². The molecule has 0 radical (unpaired) electrons. The fourth-order valence-corrected chi connectivity index (χ4v) is 2.56. The van der Waals surface area contributed by atoms with E-state index < -0.39 is 5.60 Å². The standard InChI is InChI=1S/C18H24ClN3O2/c1-6-22(17(23)24-18(3,4)5)15-8-7-14(16(19)11-15)12-21-10-9-20-13(21)2/h7-11H,6,12H2,1-5H3. The molecule has 0 unspecified atom stereocenters. The SMILES string of the molecule is CCN(C(=O)OC(C)(C)C)c1ccc(Cn2ccnc2C)c(Cl)c1. The molecule has 1 heterocycles. The van der Waals surface area contributed by atoms with E-state index in [4.69, 9.17) is 16.3 Å². The number of anilines is 1. The number of hydrogen-bond donors (Lipinski definition) is 0. The second kappa shape index (κ2) is 7.26. The molecule has 0 aliphatic heterocycles. The zero-order valence-corrected chi connectivity index (χ0v) is 15.6. The smallest absolute Gasteiger partial charge is 0.414 e. The molecule has 0 saturated heterocycles. The molecule has 0 saturated carbocycles. The molecule has 130 valence electrons. The zero-order valence-electron chi connectivity index (χ0n) is 14.8. The van der Waals surface area contributed by atoms with E-state index in [-0.39, 0.29) is 6.09 Å². The Kier molecular flexibility index (Phi) is 5.54. The first-order valence-corrected chi connectivity index (χ1v) is 8.35. The average molecular weight is 350 g/mol. The highest BCUT2D eigenvalue weighted by atomic mass is 35.5. The van der Waals surface area contributed by atoms with Gasteiger partial charge in [-0.25, -0.2) is 9.78 Å². The van der Waals surface area contributed by atoms with Gasteiger partial charge in [0.25, 0.3) is 0 Å². The number of rotatable bonds is 4.